The summed E-state index contributed by atoms with van der Waals surface area (Å²) in [7, 11) is 0. The first-order valence-corrected chi connectivity index (χ1v) is 9.60. The Balaban J connectivity index is 1.35. The van der Waals surface area contributed by atoms with Crippen LogP contribution in [0.5, 0.6) is 0 Å². The fourth-order valence-electron chi connectivity index (χ4n) is 4.10. The third-order valence-electron chi connectivity index (χ3n) is 5.59. The third-order valence-corrected chi connectivity index (χ3v) is 5.59. The molecule has 0 radical (unpaired) electrons. The van der Waals surface area contributed by atoms with E-state index in [1.807, 2.05) is 41.4 Å². The molecule has 0 aliphatic carbocycles. The predicted molar refractivity (Wildman–Crippen MR) is 105 cm³/mol. The first-order valence-electron chi connectivity index (χ1n) is 9.60. The van der Waals surface area contributed by atoms with E-state index in [2.05, 4.69) is 20.9 Å². The van der Waals surface area contributed by atoms with Crippen LogP contribution in [0.1, 0.15) is 35.2 Å². The maximum absolute atomic E-state index is 12.9. The van der Waals surface area contributed by atoms with Gasteiger partial charge in [-0.3, -0.25) is 4.79 Å². The van der Waals surface area contributed by atoms with Crippen LogP contribution in [0.15, 0.2) is 47.9 Å². The van der Waals surface area contributed by atoms with Crippen LogP contribution in [0.4, 0.5) is 5.82 Å². The zero-order valence-corrected chi connectivity index (χ0v) is 15.5. The normalized spacial score (nSPS) is 21.0. The number of amides is 1. The van der Waals surface area contributed by atoms with Crippen LogP contribution < -0.4 is 4.90 Å². The van der Waals surface area contributed by atoms with Crippen molar-refractivity contribution in [2.45, 2.75) is 32.0 Å². The number of pyridine rings is 1. The molecule has 0 aromatic carbocycles. The van der Waals surface area contributed by atoms with Crippen LogP contribution >= 0.6 is 0 Å². The summed E-state index contributed by atoms with van der Waals surface area (Å²) in [4.78, 5) is 25.9. The van der Waals surface area contributed by atoms with Crippen LogP contribution in [-0.4, -0.2) is 45.3 Å². The Hall–Kier alpha value is -3.40. The van der Waals surface area contributed by atoms with Crippen molar-refractivity contribution in [3.63, 3.8) is 0 Å². The van der Waals surface area contributed by atoms with Crippen molar-refractivity contribution in [2.75, 3.05) is 18.0 Å². The molecule has 3 aliphatic rings. The van der Waals surface area contributed by atoms with E-state index in [0.717, 1.165) is 30.2 Å². The minimum absolute atomic E-state index is 0.0308. The van der Waals surface area contributed by atoms with Crippen molar-refractivity contribution >= 4 is 17.4 Å². The summed E-state index contributed by atoms with van der Waals surface area (Å²) >= 11 is 0. The van der Waals surface area contributed by atoms with Crippen LogP contribution in [0.25, 0.3) is 5.69 Å². The van der Waals surface area contributed by atoms with Gasteiger partial charge in [0.2, 0.25) is 0 Å². The standard InChI is InChI=1S/C21H20N6O/c22-10-16-4-3-5-20(24-16)27-13-15-12-26(14-18(15)21(27)28)17-6-7-19(23-11-17)25-8-1-2-9-25/h3-4,6-7,11-12,14,20H,1-2,5,8-9,13H2. The summed E-state index contributed by atoms with van der Waals surface area (Å²) < 4.78 is 1.96. The maximum Gasteiger partial charge on any atom is 0.257 e. The lowest BCUT2D eigenvalue weighted by Gasteiger charge is -2.25. The van der Waals surface area contributed by atoms with Crippen molar-refractivity contribution < 1.29 is 4.79 Å². The summed E-state index contributed by atoms with van der Waals surface area (Å²) in [5.74, 6) is 0.983. The van der Waals surface area contributed by atoms with Gasteiger partial charge >= 0.3 is 0 Å². The highest BCUT2D eigenvalue weighted by Crippen LogP contribution is 2.29. The number of dihydropyridines is 1. The lowest BCUT2D eigenvalue weighted by molar-refractivity contribution is 0.0709. The minimum Gasteiger partial charge on any atom is -0.357 e. The van der Waals surface area contributed by atoms with E-state index in [-0.39, 0.29) is 12.1 Å². The molecule has 0 N–H and O–H groups in total. The van der Waals surface area contributed by atoms with Crippen LogP contribution in [-0.2, 0) is 6.54 Å². The number of nitriles is 1. The summed E-state index contributed by atoms with van der Waals surface area (Å²) in [5.41, 5.74) is 3.00. The summed E-state index contributed by atoms with van der Waals surface area (Å²) in [6.07, 6.45) is 12.1. The molecule has 1 fully saturated rings. The number of rotatable bonds is 3. The van der Waals surface area contributed by atoms with Gasteiger partial charge in [-0.15, -0.1) is 0 Å². The highest BCUT2D eigenvalue weighted by molar-refractivity contribution is 6.08. The molecule has 1 atom stereocenters. The lowest BCUT2D eigenvalue weighted by Crippen LogP contribution is -2.35. The highest BCUT2D eigenvalue weighted by Gasteiger charge is 2.34. The van der Waals surface area contributed by atoms with Gasteiger partial charge in [0.05, 0.1) is 24.0 Å². The number of anilines is 1. The van der Waals surface area contributed by atoms with Gasteiger partial charge in [-0.1, -0.05) is 6.08 Å². The van der Waals surface area contributed by atoms with Crippen molar-refractivity contribution in [1.82, 2.24) is 14.5 Å². The quantitative estimate of drug-likeness (QED) is 0.830. The number of carbonyl (C=O) groups excluding carboxylic acids is 1. The van der Waals surface area contributed by atoms with Gasteiger partial charge in [0.1, 0.15) is 23.8 Å². The molecule has 2 aromatic rings. The number of allylic oxidation sites excluding steroid dienone is 1. The number of fused-ring (bicyclic) bond motifs is 1. The number of aromatic nitrogens is 2. The van der Waals surface area contributed by atoms with E-state index < -0.39 is 0 Å². The molecule has 1 amide bonds. The third kappa shape index (κ3) is 2.78. The SMILES string of the molecule is N#CC1=NC(N2Cc3cn(-c4ccc(N5CCCC5)nc4)cc3C2=O)CC=C1. The van der Waals surface area contributed by atoms with Crippen molar-refractivity contribution in [2.24, 2.45) is 4.99 Å². The Kier molecular flexibility index (Phi) is 3.97. The summed E-state index contributed by atoms with van der Waals surface area (Å²) in [6, 6.07) is 6.15. The van der Waals surface area contributed by atoms with Gasteiger partial charge in [-0.05, 0) is 31.1 Å². The smallest absolute Gasteiger partial charge is 0.257 e. The number of hydrogen-bond donors (Lipinski definition) is 0. The molecule has 140 valence electrons. The van der Waals surface area contributed by atoms with Crippen molar-refractivity contribution in [1.29, 1.82) is 5.26 Å². The van der Waals surface area contributed by atoms with E-state index in [1.54, 1.807) is 11.0 Å². The van der Waals surface area contributed by atoms with E-state index in [1.165, 1.54) is 12.8 Å². The molecule has 0 saturated carbocycles. The molecule has 0 bridgehead atoms. The zero-order chi connectivity index (χ0) is 19.1. The van der Waals surface area contributed by atoms with Gasteiger partial charge in [0.15, 0.2) is 0 Å². The maximum atomic E-state index is 12.9. The molecule has 1 saturated heterocycles. The Morgan fingerprint density at radius 2 is 2.04 bits per heavy atom. The molecule has 3 aliphatic heterocycles. The molecule has 1 unspecified atom stereocenters. The first kappa shape index (κ1) is 16.8. The van der Waals surface area contributed by atoms with Gasteiger partial charge in [0.25, 0.3) is 5.91 Å². The minimum atomic E-state index is -0.297. The monoisotopic (exact) mass is 372 g/mol. The Labute approximate surface area is 163 Å². The lowest BCUT2D eigenvalue weighted by atomic mass is 10.2. The van der Waals surface area contributed by atoms with Gasteiger partial charge in [0, 0.05) is 37.5 Å². The molecular weight excluding hydrogens is 352 g/mol. The summed E-state index contributed by atoms with van der Waals surface area (Å²) in [6.45, 7) is 2.66. The van der Waals surface area contributed by atoms with Gasteiger partial charge in [-0.25, -0.2) is 9.98 Å². The van der Waals surface area contributed by atoms with E-state index in [0.29, 0.717) is 24.2 Å². The van der Waals surface area contributed by atoms with Crippen molar-refractivity contribution in [3.05, 3.63) is 54.0 Å². The molecule has 5 rings (SSSR count). The van der Waals surface area contributed by atoms with E-state index in [4.69, 9.17) is 5.26 Å². The molecule has 7 nitrogen and oxygen atoms in total. The average molecular weight is 372 g/mol. The van der Waals surface area contributed by atoms with Crippen LogP contribution in [0.2, 0.25) is 0 Å². The van der Waals surface area contributed by atoms with Crippen LogP contribution in [0.3, 0.4) is 0 Å². The van der Waals surface area contributed by atoms with E-state index >= 15 is 0 Å². The topological polar surface area (TPSA) is 77.5 Å². The van der Waals surface area contributed by atoms with Crippen LogP contribution in [0, 0.1) is 11.3 Å². The Morgan fingerprint density at radius 1 is 1.18 bits per heavy atom. The second-order valence-electron chi connectivity index (χ2n) is 7.35. The molecule has 5 heterocycles. The van der Waals surface area contributed by atoms with E-state index in [9.17, 15) is 4.79 Å². The Morgan fingerprint density at radius 3 is 2.75 bits per heavy atom. The predicted octanol–water partition coefficient (Wildman–Crippen LogP) is 2.68. The van der Waals surface area contributed by atoms with Crippen molar-refractivity contribution in [3.8, 4) is 11.8 Å². The second-order valence-corrected chi connectivity index (χ2v) is 7.35. The number of hydrogen-bond acceptors (Lipinski definition) is 5. The largest absolute Gasteiger partial charge is 0.357 e. The highest BCUT2D eigenvalue weighted by atomic mass is 16.2. The number of carbonyl (C=O) groups is 1. The van der Waals surface area contributed by atoms with Gasteiger partial charge in [-0.2, -0.15) is 5.26 Å². The summed E-state index contributed by atoms with van der Waals surface area (Å²) in [5, 5.41) is 9.05. The number of nitrogens with zero attached hydrogens (tertiary/aromatic N) is 6. The molecule has 7 heteroatoms. The molecule has 28 heavy (non-hydrogen) atoms. The Bertz CT molecular complexity index is 1020. The zero-order valence-electron chi connectivity index (χ0n) is 15.5. The molecular formula is C21H20N6O. The fraction of sp³-hybridized carbons (Fsp3) is 0.333. The number of aliphatic imine (C=N–C) groups is 1. The molecule has 2 aromatic heterocycles. The average Bonchev–Trinajstić information content (AvgIpc) is 3.46. The van der Waals surface area contributed by atoms with Gasteiger partial charge < -0.3 is 14.4 Å². The fourth-order valence-corrected chi connectivity index (χ4v) is 4.10. The first-order chi connectivity index (χ1) is 13.7. The second kappa shape index (κ2) is 6.64. The molecule has 0 spiro atoms.